The van der Waals surface area contributed by atoms with Gasteiger partial charge in [0.15, 0.2) is 11.5 Å². The van der Waals surface area contributed by atoms with Crippen LogP contribution in [0.1, 0.15) is 12.0 Å². The van der Waals surface area contributed by atoms with Crippen molar-refractivity contribution in [3.05, 3.63) is 77.0 Å². The van der Waals surface area contributed by atoms with Crippen LogP contribution in [-0.2, 0) is 6.42 Å². The van der Waals surface area contributed by atoms with E-state index in [4.69, 9.17) is 15.2 Å². The van der Waals surface area contributed by atoms with Gasteiger partial charge in [-0.3, -0.25) is 9.89 Å². The predicted octanol–water partition coefficient (Wildman–Crippen LogP) is 4.36. The van der Waals surface area contributed by atoms with Crippen molar-refractivity contribution >= 4 is 21.5 Å². The number of rotatable bonds is 5. The second-order valence-electron chi connectivity index (χ2n) is 8.20. The molecule has 0 unspecified atom stereocenters. The standard InChI is InChI=1S/C26H22N4O3/c27-7-1-2-16-9-21-22(17-4-6-23-24(10-17)33-14-32-23)13-28-26(31)25(21)20-8-15(3-5-19(16)20)18-11-29-30-12-18/h3-6,8-13H,1-2,7,14,27H2,(H,28,31)(H,29,30). The van der Waals surface area contributed by atoms with Gasteiger partial charge in [0.1, 0.15) is 0 Å². The fraction of sp³-hybridized carbons (Fsp3) is 0.154. The van der Waals surface area contributed by atoms with Gasteiger partial charge < -0.3 is 20.2 Å². The van der Waals surface area contributed by atoms with Crippen LogP contribution in [0.5, 0.6) is 11.5 Å². The van der Waals surface area contributed by atoms with Crippen molar-refractivity contribution in [2.24, 2.45) is 5.73 Å². The second-order valence-corrected chi connectivity index (χ2v) is 8.20. The molecule has 1 aliphatic rings. The molecule has 33 heavy (non-hydrogen) atoms. The van der Waals surface area contributed by atoms with Crippen LogP contribution in [0.4, 0.5) is 0 Å². The van der Waals surface area contributed by atoms with E-state index in [0.29, 0.717) is 17.7 Å². The van der Waals surface area contributed by atoms with Gasteiger partial charge in [0, 0.05) is 23.5 Å². The Morgan fingerprint density at radius 1 is 0.909 bits per heavy atom. The number of H-pyrrole nitrogens is 2. The summed E-state index contributed by atoms with van der Waals surface area (Å²) >= 11 is 0. The number of nitrogens with two attached hydrogens (primary N) is 1. The third-order valence-corrected chi connectivity index (χ3v) is 6.25. The first kappa shape index (κ1) is 19.6. The molecule has 3 heterocycles. The Kier molecular flexibility index (Phi) is 4.62. The van der Waals surface area contributed by atoms with Gasteiger partial charge in [0.2, 0.25) is 6.79 Å². The number of hydrogen-bond acceptors (Lipinski definition) is 5. The summed E-state index contributed by atoms with van der Waals surface area (Å²) in [5, 5.41) is 10.5. The van der Waals surface area contributed by atoms with Gasteiger partial charge in [-0.1, -0.05) is 18.2 Å². The number of benzene rings is 3. The number of aromatic amines is 2. The lowest BCUT2D eigenvalue weighted by Crippen LogP contribution is -2.08. The summed E-state index contributed by atoms with van der Waals surface area (Å²) in [6.45, 7) is 0.826. The Morgan fingerprint density at radius 3 is 2.64 bits per heavy atom. The highest BCUT2D eigenvalue weighted by atomic mass is 16.7. The number of hydrogen-bond donors (Lipinski definition) is 3. The summed E-state index contributed by atoms with van der Waals surface area (Å²) in [5.74, 6) is 1.43. The largest absolute Gasteiger partial charge is 0.454 e. The highest BCUT2D eigenvalue weighted by Gasteiger charge is 2.18. The normalized spacial score (nSPS) is 12.6. The van der Waals surface area contributed by atoms with Gasteiger partial charge in [-0.15, -0.1) is 0 Å². The first-order valence-corrected chi connectivity index (χ1v) is 10.9. The van der Waals surface area contributed by atoms with Crippen LogP contribution in [0.25, 0.3) is 43.8 Å². The fourth-order valence-corrected chi connectivity index (χ4v) is 4.64. The van der Waals surface area contributed by atoms with Crippen LogP contribution in [0.15, 0.2) is 65.8 Å². The Balaban J connectivity index is 1.66. The number of nitrogens with one attached hydrogen (secondary N) is 2. The maximum atomic E-state index is 13.1. The molecule has 7 heteroatoms. The van der Waals surface area contributed by atoms with Crippen molar-refractivity contribution < 1.29 is 9.47 Å². The Hall–Kier alpha value is -4.10. The summed E-state index contributed by atoms with van der Waals surface area (Å²) in [5.41, 5.74) is 10.8. The van der Waals surface area contributed by atoms with Gasteiger partial charge in [0.05, 0.1) is 11.6 Å². The minimum Gasteiger partial charge on any atom is -0.454 e. The summed E-state index contributed by atoms with van der Waals surface area (Å²) in [6.07, 6.45) is 7.11. The van der Waals surface area contributed by atoms with E-state index < -0.39 is 0 Å². The quantitative estimate of drug-likeness (QED) is 0.354. The number of fused-ring (bicyclic) bond motifs is 4. The van der Waals surface area contributed by atoms with E-state index >= 15 is 0 Å². The smallest absolute Gasteiger partial charge is 0.256 e. The molecule has 2 aromatic heterocycles. The van der Waals surface area contributed by atoms with Crippen molar-refractivity contribution in [3.8, 4) is 33.8 Å². The van der Waals surface area contributed by atoms with Gasteiger partial charge in [-0.25, -0.2) is 0 Å². The van der Waals surface area contributed by atoms with Gasteiger partial charge in [-0.2, -0.15) is 5.10 Å². The van der Waals surface area contributed by atoms with E-state index in [1.54, 1.807) is 12.4 Å². The molecule has 0 spiro atoms. The maximum Gasteiger partial charge on any atom is 0.256 e. The van der Waals surface area contributed by atoms with Crippen LogP contribution >= 0.6 is 0 Å². The number of aryl methyl sites for hydroxylation is 1. The molecule has 0 aliphatic carbocycles. The molecular weight excluding hydrogens is 416 g/mol. The zero-order chi connectivity index (χ0) is 22.4. The van der Waals surface area contributed by atoms with Crippen molar-refractivity contribution in [2.45, 2.75) is 12.8 Å². The predicted molar refractivity (Wildman–Crippen MR) is 129 cm³/mol. The molecule has 0 saturated carbocycles. The third kappa shape index (κ3) is 3.25. The number of ether oxygens (including phenoxy) is 2. The average molecular weight is 438 g/mol. The van der Waals surface area contributed by atoms with E-state index in [0.717, 1.165) is 57.0 Å². The van der Waals surface area contributed by atoms with E-state index in [9.17, 15) is 4.79 Å². The molecule has 7 nitrogen and oxygen atoms in total. The lowest BCUT2D eigenvalue weighted by Gasteiger charge is -2.14. The van der Waals surface area contributed by atoms with Crippen LogP contribution in [-0.4, -0.2) is 28.5 Å². The SMILES string of the molecule is NCCCc1cc2c(-c3ccc4c(c3)OCO4)c[nH]c(=O)c2c2cc(-c3cn[nH]c3)ccc12. The van der Waals surface area contributed by atoms with E-state index in [1.807, 2.05) is 24.4 Å². The number of aromatic nitrogens is 3. The highest BCUT2D eigenvalue weighted by molar-refractivity contribution is 6.13. The molecular formula is C26H22N4O3. The first-order valence-electron chi connectivity index (χ1n) is 10.9. The van der Waals surface area contributed by atoms with Crippen LogP contribution in [0.2, 0.25) is 0 Å². The van der Waals surface area contributed by atoms with E-state index in [1.165, 1.54) is 5.56 Å². The van der Waals surface area contributed by atoms with E-state index in [2.05, 4.69) is 39.4 Å². The average Bonchev–Trinajstić information content (AvgIpc) is 3.54. The third-order valence-electron chi connectivity index (χ3n) is 6.25. The second kappa shape index (κ2) is 7.79. The Bertz CT molecular complexity index is 1550. The van der Waals surface area contributed by atoms with Crippen molar-refractivity contribution in [1.29, 1.82) is 0 Å². The summed E-state index contributed by atoms with van der Waals surface area (Å²) in [7, 11) is 0. The summed E-state index contributed by atoms with van der Waals surface area (Å²) < 4.78 is 11.0. The molecule has 4 N–H and O–H groups in total. The number of pyridine rings is 1. The minimum atomic E-state index is -0.116. The Morgan fingerprint density at radius 2 is 1.79 bits per heavy atom. The van der Waals surface area contributed by atoms with Crippen molar-refractivity contribution in [3.63, 3.8) is 0 Å². The van der Waals surface area contributed by atoms with Crippen molar-refractivity contribution in [1.82, 2.24) is 15.2 Å². The first-order chi connectivity index (χ1) is 16.2. The molecule has 164 valence electrons. The number of nitrogens with zero attached hydrogens (tertiary/aromatic N) is 1. The van der Waals surface area contributed by atoms with Crippen LogP contribution in [0.3, 0.4) is 0 Å². The van der Waals surface area contributed by atoms with Gasteiger partial charge in [-0.05, 0) is 76.5 Å². The molecule has 0 bridgehead atoms. The van der Waals surface area contributed by atoms with Crippen LogP contribution in [0, 0.1) is 0 Å². The molecule has 1 aliphatic heterocycles. The zero-order valence-corrected chi connectivity index (χ0v) is 17.9. The zero-order valence-electron chi connectivity index (χ0n) is 17.9. The van der Waals surface area contributed by atoms with Crippen LogP contribution < -0.4 is 20.8 Å². The molecule has 3 aromatic carbocycles. The molecule has 0 radical (unpaired) electrons. The minimum absolute atomic E-state index is 0.116. The maximum absolute atomic E-state index is 13.1. The molecule has 5 aromatic rings. The lowest BCUT2D eigenvalue weighted by molar-refractivity contribution is 0.174. The molecule has 6 rings (SSSR count). The molecule has 0 fully saturated rings. The Labute approximate surface area is 189 Å². The lowest BCUT2D eigenvalue weighted by atomic mass is 9.90. The van der Waals surface area contributed by atoms with Crippen molar-refractivity contribution in [2.75, 3.05) is 13.3 Å². The van der Waals surface area contributed by atoms with Gasteiger partial charge >= 0.3 is 0 Å². The molecule has 0 saturated heterocycles. The summed E-state index contributed by atoms with van der Waals surface area (Å²) in [6, 6.07) is 14.2. The molecule has 0 amide bonds. The summed E-state index contributed by atoms with van der Waals surface area (Å²) in [4.78, 5) is 16.1. The highest BCUT2D eigenvalue weighted by Crippen LogP contribution is 2.39. The van der Waals surface area contributed by atoms with Gasteiger partial charge in [0.25, 0.3) is 5.56 Å². The fourth-order valence-electron chi connectivity index (χ4n) is 4.64. The molecule has 0 atom stereocenters. The topological polar surface area (TPSA) is 106 Å². The van der Waals surface area contributed by atoms with E-state index in [-0.39, 0.29) is 12.4 Å². The monoisotopic (exact) mass is 438 g/mol.